The molecule has 2 aliphatic heterocycles. The maximum absolute atomic E-state index is 13.2. The molecule has 276 valence electrons. The van der Waals surface area contributed by atoms with Crippen molar-refractivity contribution in [3.8, 4) is 28.5 Å². The van der Waals surface area contributed by atoms with Crippen LogP contribution in [-0.4, -0.2) is 73.7 Å². The minimum atomic E-state index is -1.99. The molecule has 2 atom stereocenters. The third-order valence-electron chi connectivity index (χ3n) is 10.9. The van der Waals surface area contributed by atoms with Gasteiger partial charge in [-0.05, 0) is 91.3 Å². The largest absolute Gasteiger partial charge is 0.468 e. The smallest absolute Gasteiger partial charge is 0.410 e. The fourth-order valence-electron chi connectivity index (χ4n) is 8.70. The first-order valence-corrected chi connectivity index (χ1v) is 21.2. The summed E-state index contributed by atoms with van der Waals surface area (Å²) in [4.78, 5) is 27.3. The van der Waals surface area contributed by atoms with Crippen molar-refractivity contribution in [3.05, 3.63) is 59.4 Å². The molecule has 0 spiro atoms. The minimum absolute atomic E-state index is 0.0429. The number of ether oxygens (including phenoxy) is 3. The lowest BCUT2D eigenvalue weighted by atomic mass is 9.96. The van der Waals surface area contributed by atoms with E-state index >= 15 is 0 Å². The van der Waals surface area contributed by atoms with Gasteiger partial charge < -0.3 is 19.1 Å². The number of rotatable bonds is 8. The normalized spacial score (nSPS) is 17.7. The van der Waals surface area contributed by atoms with E-state index in [0.717, 1.165) is 57.0 Å². The fourth-order valence-corrected chi connectivity index (χ4v) is 14.1. The summed E-state index contributed by atoms with van der Waals surface area (Å²) in [5.74, 6) is 5.20. The Morgan fingerprint density at radius 3 is 2.27 bits per heavy atom. The van der Waals surface area contributed by atoms with Crippen LogP contribution in [0.2, 0.25) is 21.8 Å². The van der Waals surface area contributed by atoms with Gasteiger partial charge in [0.2, 0.25) is 0 Å². The van der Waals surface area contributed by atoms with Gasteiger partial charge in [0.15, 0.2) is 6.79 Å². The molecule has 6 rings (SSSR count). The summed E-state index contributed by atoms with van der Waals surface area (Å²) in [5.41, 5.74) is 7.66. The van der Waals surface area contributed by atoms with Crippen LogP contribution in [0.15, 0.2) is 48.7 Å². The maximum Gasteiger partial charge on any atom is 0.410 e. The van der Waals surface area contributed by atoms with E-state index in [1.54, 1.807) is 7.11 Å². The number of methoxy groups -OCH3 is 1. The third kappa shape index (κ3) is 7.35. The second kappa shape index (κ2) is 14.9. The minimum Gasteiger partial charge on any atom is -0.468 e. The number of piperazine rings is 1. The van der Waals surface area contributed by atoms with Gasteiger partial charge in [-0.15, -0.1) is 5.54 Å². The monoisotopic (exact) mass is 740 g/mol. The van der Waals surface area contributed by atoms with E-state index in [9.17, 15) is 4.79 Å². The highest BCUT2D eigenvalue weighted by molar-refractivity contribution is 6.90. The second-order valence-corrected chi connectivity index (χ2v) is 22.3. The van der Waals surface area contributed by atoms with Gasteiger partial charge in [0.05, 0.1) is 17.8 Å². The van der Waals surface area contributed by atoms with Crippen LogP contribution >= 0.6 is 11.6 Å². The highest BCUT2D eigenvalue weighted by Crippen LogP contribution is 2.42. The summed E-state index contributed by atoms with van der Waals surface area (Å²) in [5, 5.41) is 4.33. The van der Waals surface area contributed by atoms with E-state index < -0.39 is 13.7 Å². The molecule has 4 aromatic rings. The summed E-state index contributed by atoms with van der Waals surface area (Å²) in [6, 6.07) is 14.5. The van der Waals surface area contributed by atoms with Crippen LogP contribution in [0.4, 0.5) is 10.6 Å². The van der Waals surface area contributed by atoms with Gasteiger partial charge in [-0.1, -0.05) is 71.2 Å². The molecule has 4 heterocycles. The zero-order valence-electron chi connectivity index (χ0n) is 32.3. The van der Waals surface area contributed by atoms with Crippen LogP contribution in [-0.2, 0) is 9.47 Å². The van der Waals surface area contributed by atoms with Crippen LogP contribution < -0.4 is 9.64 Å². The fraction of sp³-hybridized carbons (Fsp3) is 0.500. The number of amides is 1. The molecule has 10 heteroatoms. The molecule has 0 aliphatic carbocycles. The zero-order chi connectivity index (χ0) is 37.5. The summed E-state index contributed by atoms with van der Waals surface area (Å²) in [6.07, 6.45) is 3.52. The lowest BCUT2D eigenvalue weighted by Gasteiger charge is -2.42. The molecule has 52 heavy (non-hydrogen) atoms. The van der Waals surface area contributed by atoms with Crippen LogP contribution in [0.1, 0.15) is 80.7 Å². The number of carbonyl (C=O) groups is 1. The Bertz CT molecular complexity index is 2000. The quantitative estimate of drug-likeness (QED) is 0.0770. The van der Waals surface area contributed by atoms with Gasteiger partial charge in [0.1, 0.15) is 30.4 Å². The number of anilines is 1. The van der Waals surface area contributed by atoms with Gasteiger partial charge >= 0.3 is 6.09 Å². The molecule has 0 saturated carbocycles. The number of carbonyl (C=O) groups excluding carboxylic acids is 1. The molecule has 2 fully saturated rings. The first-order valence-electron chi connectivity index (χ1n) is 18.6. The van der Waals surface area contributed by atoms with Crippen molar-refractivity contribution in [2.75, 3.05) is 31.9 Å². The molecule has 2 unspecified atom stereocenters. The first-order chi connectivity index (χ1) is 24.6. The molecule has 2 saturated heterocycles. The zero-order valence-corrected chi connectivity index (χ0v) is 34.1. The van der Waals surface area contributed by atoms with Crippen LogP contribution in [0.5, 0.6) is 5.75 Å². The van der Waals surface area contributed by atoms with E-state index in [1.807, 2.05) is 50.1 Å². The van der Waals surface area contributed by atoms with E-state index in [4.69, 9.17) is 35.8 Å². The number of nitrogens with zero attached hydrogens (tertiary/aromatic N) is 4. The summed E-state index contributed by atoms with van der Waals surface area (Å²) < 4.78 is 17.0. The molecular formula is C42H53ClN4O4Si. The SMILES string of the molecule is COCOc1cc(-c2cc3cc(Cl)nc(N4CC5CCC(C4)N5C(=O)OC(C)(C)C)c3cn2)c2c(C#C[Si](C(C)C)(C(C)C)C(C)C)cccc2c1. The van der Waals surface area contributed by atoms with E-state index in [-0.39, 0.29) is 25.0 Å². The number of aromatic nitrogens is 2. The topological polar surface area (TPSA) is 77.0 Å². The van der Waals surface area contributed by atoms with Gasteiger partial charge in [-0.2, -0.15) is 0 Å². The molecule has 2 bridgehead atoms. The van der Waals surface area contributed by atoms with Crippen molar-refractivity contribution in [3.63, 3.8) is 0 Å². The van der Waals surface area contributed by atoms with Gasteiger partial charge in [-0.25, -0.2) is 9.78 Å². The molecule has 8 nitrogen and oxygen atoms in total. The van der Waals surface area contributed by atoms with Gasteiger partial charge in [0, 0.05) is 48.3 Å². The molecule has 2 aromatic heterocycles. The lowest BCUT2D eigenvalue weighted by Crippen LogP contribution is -2.57. The van der Waals surface area contributed by atoms with Crippen LogP contribution in [0, 0.1) is 11.5 Å². The average molecular weight is 741 g/mol. The predicted octanol–water partition coefficient (Wildman–Crippen LogP) is 10.2. The van der Waals surface area contributed by atoms with E-state index in [1.165, 1.54) is 0 Å². The maximum atomic E-state index is 13.2. The Hall–Kier alpha value is -3.84. The van der Waals surface area contributed by atoms with E-state index in [0.29, 0.717) is 40.6 Å². The van der Waals surface area contributed by atoms with Crippen LogP contribution in [0.3, 0.4) is 0 Å². The Morgan fingerprint density at radius 1 is 0.981 bits per heavy atom. The van der Waals surface area contributed by atoms with Crippen LogP contribution in [0.25, 0.3) is 32.8 Å². The molecule has 1 amide bonds. The standard InChI is InChI=1S/C42H53ClN4O4Si/c1-26(2)52(27(3)4,28(5)6)17-16-29-12-11-13-30-18-34(50-25-49-10)21-35(39(29)30)37-19-31-20-38(43)45-40(36(31)22-44-37)46-23-32-14-15-33(24-46)47(32)41(48)51-42(7,8)9/h11-13,18-22,26-28,32-33H,14-15,23-25H2,1-10H3. The van der Waals surface area contributed by atoms with Crippen molar-refractivity contribution in [1.82, 2.24) is 14.9 Å². The van der Waals surface area contributed by atoms with Crippen molar-refractivity contribution in [2.24, 2.45) is 0 Å². The summed E-state index contributed by atoms with van der Waals surface area (Å²) >= 11 is 6.75. The Kier molecular flexibility index (Phi) is 10.8. The summed E-state index contributed by atoms with van der Waals surface area (Å²) in [6.45, 7) is 21.2. The first kappa shape index (κ1) is 37.9. The number of halogens is 1. The number of hydrogen-bond acceptors (Lipinski definition) is 7. The molecule has 0 N–H and O–H groups in total. The number of fused-ring (bicyclic) bond motifs is 4. The van der Waals surface area contributed by atoms with Gasteiger partial charge in [-0.3, -0.25) is 9.88 Å². The second-order valence-electron chi connectivity index (χ2n) is 16.3. The highest BCUT2D eigenvalue weighted by Gasteiger charge is 2.45. The van der Waals surface area contributed by atoms with Crippen molar-refractivity contribution < 1.29 is 19.0 Å². The number of pyridine rings is 2. The van der Waals surface area contributed by atoms with Crippen molar-refractivity contribution >= 4 is 53.1 Å². The Morgan fingerprint density at radius 2 is 1.65 bits per heavy atom. The van der Waals surface area contributed by atoms with E-state index in [2.05, 4.69) is 82.2 Å². The average Bonchev–Trinajstić information content (AvgIpc) is 3.34. The highest BCUT2D eigenvalue weighted by atomic mass is 35.5. The third-order valence-corrected chi connectivity index (χ3v) is 17.4. The Balaban J connectivity index is 1.44. The number of hydrogen-bond donors (Lipinski definition) is 0. The molecule has 2 aliphatic rings. The van der Waals surface area contributed by atoms with Crippen molar-refractivity contribution in [1.29, 1.82) is 0 Å². The molecule has 0 radical (unpaired) electrons. The number of benzene rings is 2. The molecular weight excluding hydrogens is 688 g/mol. The molecule has 2 aromatic carbocycles. The summed E-state index contributed by atoms with van der Waals surface area (Å²) in [7, 11) is -0.370. The lowest BCUT2D eigenvalue weighted by molar-refractivity contribution is 0.0123. The van der Waals surface area contributed by atoms with Crippen molar-refractivity contribution in [2.45, 2.75) is 109 Å². The van der Waals surface area contributed by atoms with Gasteiger partial charge in [0.25, 0.3) is 0 Å². The Labute approximate surface area is 315 Å². The predicted molar refractivity (Wildman–Crippen MR) is 215 cm³/mol.